The van der Waals surface area contributed by atoms with Gasteiger partial charge in [-0.2, -0.15) is 0 Å². The Morgan fingerprint density at radius 3 is 2.92 bits per heavy atom. The van der Waals surface area contributed by atoms with Gasteiger partial charge in [-0.15, -0.1) is 0 Å². The quantitative estimate of drug-likeness (QED) is 0.601. The molecule has 0 radical (unpaired) electrons. The molecule has 0 aliphatic carbocycles. The smallest absolute Gasteiger partial charge is 0.358 e. The zero-order valence-corrected chi connectivity index (χ0v) is 6.84. The average Bonchev–Trinajstić information content (AvgIpc) is 2.12. The summed E-state index contributed by atoms with van der Waals surface area (Å²) in [5.41, 5.74) is 0.231. The number of rotatable bonds is 2. The Labute approximate surface area is 74.7 Å². The van der Waals surface area contributed by atoms with Crippen molar-refractivity contribution < 1.29 is 14.3 Å². The first kappa shape index (κ1) is 8.12. The van der Waals surface area contributed by atoms with Crippen molar-refractivity contribution in [2.45, 2.75) is 6.10 Å². The molecule has 0 unspecified atom stereocenters. The van der Waals surface area contributed by atoms with Crippen LogP contribution < -0.4 is 0 Å². The number of hydrogen-bond acceptors (Lipinski definition) is 5. The maximum atomic E-state index is 11.3. The minimum atomic E-state index is -0.443. The lowest BCUT2D eigenvalue weighted by molar-refractivity contribution is -0.103. The summed E-state index contributed by atoms with van der Waals surface area (Å²) in [7, 11) is 0. The summed E-state index contributed by atoms with van der Waals surface area (Å²) >= 11 is 0. The van der Waals surface area contributed by atoms with Crippen LogP contribution >= 0.6 is 0 Å². The van der Waals surface area contributed by atoms with Gasteiger partial charge in [-0.1, -0.05) is 0 Å². The Morgan fingerprint density at radius 1 is 1.54 bits per heavy atom. The van der Waals surface area contributed by atoms with E-state index >= 15 is 0 Å². The summed E-state index contributed by atoms with van der Waals surface area (Å²) in [4.78, 5) is 18.8. The van der Waals surface area contributed by atoms with Crippen molar-refractivity contribution in [2.75, 3.05) is 13.2 Å². The van der Waals surface area contributed by atoms with E-state index < -0.39 is 5.97 Å². The normalized spacial score (nSPS) is 16.3. The van der Waals surface area contributed by atoms with Crippen molar-refractivity contribution >= 4 is 5.97 Å². The van der Waals surface area contributed by atoms with E-state index in [-0.39, 0.29) is 11.8 Å². The third-order valence-corrected chi connectivity index (χ3v) is 1.65. The highest BCUT2D eigenvalue weighted by Gasteiger charge is 2.23. The highest BCUT2D eigenvalue weighted by molar-refractivity contribution is 5.86. The molecule has 1 fully saturated rings. The van der Waals surface area contributed by atoms with E-state index in [0.717, 1.165) is 0 Å². The van der Waals surface area contributed by atoms with Gasteiger partial charge in [0.2, 0.25) is 0 Å². The molecule has 0 atom stereocenters. The molecule has 0 saturated carbocycles. The third-order valence-electron chi connectivity index (χ3n) is 1.65. The molecule has 1 aliphatic heterocycles. The molecule has 1 saturated heterocycles. The van der Waals surface area contributed by atoms with Crippen LogP contribution in [0.1, 0.15) is 10.5 Å². The lowest BCUT2D eigenvalue weighted by Gasteiger charge is -2.25. The Morgan fingerprint density at radius 2 is 2.38 bits per heavy atom. The first-order valence-corrected chi connectivity index (χ1v) is 3.91. The van der Waals surface area contributed by atoms with Gasteiger partial charge >= 0.3 is 5.97 Å². The second-order valence-corrected chi connectivity index (χ2v) is 2.66. The monoisotopic (exact) mass is 180 g/mol. The fourth-order valence-electron chi connectivity index (χ4n) is 0.898. The highest BCUT2D eigenvalue weighted by atomic mass is 16.6. The number of carbonyl (C=O) groups excluding carboxylic acids is 1. The van der Waals surface area contributed by atoms with Crippen molar-refractivity contribution in [3.63, 3.8) is 0 Å². The van der Waals surface area contributed by atoms with Gasteiger partial charge in [0.25, 0.3) is 0 Å². The summed E-state index contributed by atoms with van der Waals surface area (Å²) < 4.78 is 9.86. The summed E-state index contributed by atoms with van der Waals surface area (Å²) in [6, 6.07) is 0. The van der Waals surface area contributed by atoms with E-state index in [4.69, 9.17) is 9.47 Å². The molecule has 5 nitrogen and oxygen atoms in total. The molecule has 68 valence electrons. The van der Waals surface area contributed by atoms with Gasteiger partial charge in [-0.25, -0.2) is 9.78 Å². The van der Waals surface area contributed by atoms with E-state index in [0.29, 0.717) is 13.2 Å². The van der Waals surface area contributed by atoms with Crippen molar-refractivity contribution in [3.05, 3.63) is 24.3 Å². The molecule has 0 aromatic carbocycles. The molecule has 0 N–H and O–H groups in total. The number of nitrogens with zero attached hydrogens (tertiary/aromatic N) is 2. The van der Waals surface area contributed by atoms with Crippen LogP contribution in [-0.4, -0.2) is 35.3 Å². The van der Waals surface area contributed by atoms with Crippen LogP contribution in [0.3, 0.4) is 0 Å². The Hall–Kier alpha value is -1.49. The predicted molar refractivity (Wildman–Crippen MR) is 42.1 cm³/mol. The Bertz CT molecular complexity index is 298. The SMILES string of the molecule is O=C(OC1COC1)c1cnccn1. The molecular weight excluding hydrogens is 172 g/mol. The maximum absolute atomic E-state index is 11.3. The number of hydrogen-bond donors (Lipinski definition) is 0. The second-order valence-electron chi connectivity index (χ2n) is 2.66. The lowest BCUT2D eigenvalue weighted by Crippen LogP contribution is -2.37. The van der Waals surface area contributed by atoms with Crippen LogP contribution in [-0.2, 0) is 9.47 Å². The maximum Gasteiger partial charge on any atom is 0.358 e. The average molecular weight is 180 g/mol. The van der Waals surface area contributed by atoms with Gasteiger partial charge in [0.05, 0.1) is 19.4 Å². The molecule has 0 spiro atoms. The van der Waals surface area contributed by atoms with Crippen LogP contribution in [0.15, 0.2) is 18.6 Å². The Kier molecular flexibility index (Phi) is 2.18. The Balaban J connectivity index is 1.97. The predicted octanol–water partition coefficient (Wildman–Crippen LogP) is 0.0322. The fourth-order valence-corrected chi connectivity index (χ4v) is 0.898. The van der Waals surface area contributed by atoms with Gasteiger partial charge in [0.15, 0.2) is 5.69 Å². The van der Waals surface area contributed by atoms with Gasteiger partial charge in [-0.05, 0) is 0 Å². The van der Waals surface area contributed by atoms with Crippen LogP contribution in [0, 0.1) is 0 Å². The van der Waals surface area contributed by atoms with Crippen LogP contribution in [0.2, 0.25) is 0 Å². The van der Waals surface area contributed by atoms with E-state index in [1.54, 1.807) is 0 Å². The van der Waals surface area contributed by atoms with Crippen molar-refractivity contribution in [1.29, 1.82) is 0 Å². The van der Waals surface area contributed by atoms with Gasteiger partial charge in [-0.3, -0.25) is 4.98 Å². The topological polar surface area (TPSA) is 61.3 Å². The standard InChI is InChI=1S/C8H8N2O3/c11-8(13-6-4-12-5-6)7-3-9-1-2-10-7/h1-3,6H,4-5H2. The van der Waals surface area contributed by atoms with Crippen molar-refractivity contribution in [1.82, 2.24) is 9.97 Å². The molecule has 5 heteroatoms. The number of carbonyl (C=O) groups is 1. The lowest BCUT2D eigenvalue weighted by atomic mass is 10.3. The second kappa shape index (κ2) is 3.49. The molecule has 13 heavy (non-hydrogen) atoms. The molecule has 0 bridgehead atoms. The van der Waals surface area contributed by atoms with Crippen LogP contribution in [0.25, 0.3) is 0 Å². The summed E-state index contributed by atoms with van der Waals surface area (Å²) in [6.45, 7) is 0.956. The largest absolute Gasteiger partial charge is 0.453 e. The molecule has 1 aromatic heterocycles. The van der Waals surface area contributed by atoms with E-state index in [2.05, 4.69) is 9.97 Å². The van der Waals surface area contributed by atoms with Crippen molar-refractivity contribution in [3.8, 4) is 0 Å². The molecule has 1 aromatic rings. The van der Waals surface area contributed by atoms with Crippen LogP contribution in [0.5, 0.6) is 0 Å². The fraction of sp³-hybridized carbons (Fsp3) is 0.375. The molecule has 2 rings (SSSR count). The summed E-state index contributed by atoms with van der Waals surface area (Å²) in [6.07, 6.45) is 4.22. The van der Waals surface area contributed by atoms with E-state index in [1.807, 2.05) is 0 Å². The summed E-state index contributed by atoms with van der Waals surface area (Å²) in [5, 5.41) is 0. The molecule has 0 amide bonds. The number of ether oxygens (including phenoxy) is 2. The first-order valence-electron chi connectivity index (χ1n) is 3.91. The van der Waals surface area contributed by atoms with E-state index in [1.165, 1.54) is 18.6 Å². The summed E-state index contributed by atoms with van der Waals surface area (Å²) in [5.74, 6) is -0.443. The first-order chi connectivity index (χ1) is 6.36. The molecule has 2 heterocycles. The minimum absolute atomic E-state index is 0.116. The van der Waals surface area contributed by atoms with Gasteiger partial charge in [0, 0.05) is 12.4 Å². The third kappa shape index (κ3) is 1.81. The zero-order valence-electron chi connectivity index (χ0n) is 6.84. The van der Waals surface area contributed by atoms with Gasteiger partial charge in [0.1, 0.15) is 6.10 Å². The highest BCUT2D eigenvalue weighted by Crippen LogP contribution is 2.07. The minimum Gasteiger partial charge on any atom is -0.453 e. The number of aromatic nitrogens is 2. The molecule has 1 aliphatic rings. The van der Waals surface area contributed by atoms with Gasteiger partial charge < -0.3 is 9.47 Å². The number of esters is 1. The van der Waals surface area contributed by atoms with Crippen LogP contribution in [0.4, 0.5) is 0 Å². The zero-order chi connectivity index (χ0) is 9.10. The van der Waals surface area contributed by atoms with Crippen molar-refractivity contribution in [2.24, 2.45) is 0 Å². The molecular formula is C8H8N2O3. The van der Waals surface area contributed by atoms with E-state index in [9.17, 15) is 4.79 Å².